The van der Waals surface area contributed by atoms with Crippen LogP contribution in [0.3, 0.4) is 0 Å². The van der Waals surface area contributed by atoms with Gasteiger partial charge in [0.05, 0.1) is 0 Å². The van der Waals surface area contributed by atoms with Crippen LogP contribution in [0.1, 0.15) is 24.0 Å². The molecular formula is C21H24N4O2. The number of nitrogens with one attached hydrogen (secondary N) is 2. The van der Waals surface area contributed by atoms with Crippen molar-refractivity contribution in [1.82, 2.24) is 20.5 Å². The van der Waals surface area contributed by atoms with E-state index < -0.39 is 5.54 Å². The highest BCUT2D eigenvalue weighted by Crippen LogP contribution is 2.40. The lowest BCUT2D eigenvalue weighted by Crippen LogP contribution is -2.53. The van der Waals surface area contributed by atoms with Gasteiger partial charge in [-0.25, -0.2) is 4.79 Å². The van der Waals surface area contributed by atoms with E-state index in [9.17, 15) is 9.59 Å². The van der Waals surface area contributed by atoms with Gasteiger partial charge >= 0.3 is 6.03 Å². The number of carbonyl (C=O) groups is 2. The van der Waals surface area contributed by atoms with Crippen LogP contribution in [0.15, 0.2) is 54.9 Å². The predicted molar refractivity (Wildman–Crippen MR) is 102 cm³/mol. The van der Waals surface area contributed by atoms with Crippen LogP contribution in [0.25, 0.3) is 0 Å². The lowest BCUT2D eigenvalue weighted by Gasteiger charge is -2.37. The molecule has 2 aliphatic rings. The fourth-order valence-electron chi connectivity index (χ4n) is 4.24. The van der Waals surface area contributed by atoms with Crippen molar-refractivity contribution >= 4 is 11.9 Å². The molecule has 1 atom stereocenters. The Kier molecular flexibility index (Phi) is 4.90. The Balaban J connectivity index is 1.63. The Bertz CT molecular complexity index is 805. The highest BCUT2D eigenvalue weighted by atomic mass is 16.2. The number of aromatic nitrogens is 1. The summed E-state index contributed by atoms with van der Waals surface area (Å²) in [6.07, 6.45) is 5.73. The van der Waals surface area contributed by atoms with Gasteiger partial charge in [0, 0.05) is 24.5 Å². The molecule has 3 amide bonds. The maximum absolute atomic E-state index is 13.6. The zero-order valence-electron chi connectivity index (χ0n) is 15.2. The maximum Gasteiger partial charge on any atom is 0.325 e. The van der Waals surface area contributed by atoms with Gasteiger partial charge in [0.25, 0.3) is 5.91 Å². The molecule has 6 heteroatoms. The minimum absolute atomic E-state index is 0.0566. The van der Waals surface area contributed by atoms with Crippen LogP contribution in [-0.4, -0.2) is 41.5 Å². The molecule has 2 aliphatic heterocycles. The number of rotatable bonds is 5. The van der Waals surface area contributed by atoms with Gasteiger partial charge in [0.15, 0.2) is 5.54 Å². The Morgan fingerprint density at radius 3 is 2.56 bits per heavy atom. The van der Waals surface area contributed by atoms with E-state index in [1.165, 1.54) is 4.90 Å². The molecule has 140 valence electrons. The fourth-order valence-corrected chi connectivity index (χ4v) is 4.24. The fraction of sp³-hybridized carbons (Fsp3) is 0.381. The van der Waals surface area contributed by atoms with Crippen LogP contribution in [0.5, 0.6) is 0 Å². The number of pyridine rings is 1. The summed E-state index contributed by atoms with van der Waals surface area (Å²) in [5.41, 5.74) is 0.876. The molecule has 2 aromatic rings. The zero-order chi connectivity index (χ0) is 18.7. The summed E-state index contributed by atoms with van der Waals surface area (Å²) < 4.78 is 0. The Hall–Kier alpha value is -2.73. The second-order valence-electron chi connectivity index (χ2n) is 7.20. The number of imide groups is 1. The SMILES string of the molecule is O=C1N[C@](c2cccnc2)(C2CCNCC2)C(=O)N1CCc1ccccc1. The summed E-state index contributed by atoms with van der Waals surface area (Å²) in [7, 11) is 0. The van der Waals surface area contributed by atoms with Gasteiger partial charge < -0.3 is 10.6 Å². The third-order valence-electron chi connectivity index (χ3n) is 5.67. The summed E-state index contributed by atoms with van der Waals surface area (Å²) in [5.74, 6) is -0.0931. The predicted octanol–water partition coefficient (Wildman–Crippen LogP) is 2.07. The lowest BCUT2D eigenvalue weighted by molar-refractivity contribution is -0.134. The van der Waals surface area contributed by atoms with Gasteiger partial charge in [-0.1, -0.05) is 36.4 Å². The first kappa shape index (κ1) is 17.7. The standard InChI is InChI=1S/C21H24N4O2/c26-19-21(17-8-12-22-13-9-17,18-7-4-11-23-15-18)24-20(27)25(19)14-10-16-5-2-1-3-6-16/h1-7,11,15,17,22H,8-10,12-14H2,(H,24,27)/t21-/m0/s1. The number of nitrogens with zero attached hydrogens (tertiary/aromatic N) is 2. The highest BCUT2D eigenvalue weighted by molar-refractivity contribution is 6.07. The summed E-state index contributed by atoms with van der Waals surface area (Å²) in [6, 6.07) is 13.3. The van der Waals surface area contributed by atoms with E-state index in [0.717, 1.165) is 37.1 Å². The van der Waals surface area contributed by atoms with E-state index in [2.05, 4.69) is 15.6 Å². The quantitative estimate of drug-likeness (QED) is 0.797. The third-order valence-corrected chi connectivity index (χ3v) is 5.67. The summed E-state index contributed by atoms with van der Waals surface area (Å²) in [4.78, 5) is 31.9. The largest absolute Gasteiger partial charge is 0.325 e. The van der Waals surface area contributed by atoms with Crippen molar-refractivity contribution < 1.29 is 9.59 Å². The second-order valence-corrected chi connectivity index (χ2v) is 7.20. The van der Waals surface area contributed by atoms with Crippen molar-refractivity contribution in [1.29, 1.82) is 0 Å². The lowest BCUT2D eigenvalue weighted by atomic mass is 9.74. The van der Waals surface area contributed by atoms with Gasteiger partial charge in [0.2, 0.25) is 0 Å². The second kappa shape index (κ2) is 7.48. The number of carbonyl (C=O) groups excluding carboxylic acids is 2. The summed E-state index contributed by atoms with van der Waals surface area (Å²) in [5, 5.41) is 6.40. The normalized spacial score (nSPS) is 23.5. The Morgan fingerprint density at radius 1 is 1.07 bits per heavy atom. The molecule has 0 aliphatic carbocycles. The van der Waals surface area contributed by atoms with Crippen molar-refractivity contribution in [2.24, 2.45) is 5.92 Å². The van der Waals surface area contributed by atoms with Crippen LogP contribution in [0, 0.1) is 5.92 Å². The molecule has 1 aromatic heterocycles. The molecule has 3 heterocycles. The molecular weight excluding hydrogens is 340 g/mol. The first-order valence-corrected chi connectivity index (χ1v) is 9.51. The molecule has 0 saturated carbocycles. The molecule has 0 unspecified atom stereocenters. The molecule has 0 spiro atoms. The van der Waals surface area contributed by atoms with E-state index in [-0.39, 0.29) is 17.9 Å². The number of hydrogen-bond acceptors (Lipinski definition) is 4. The topological polar surface area (TPSA) is 74.3 Å². The number of piperidine rings is 1. The zero-order valence-corrected chi connectivity index (χ0v) is 15.2. The number of urea groups is 1. The van der Waals surface area contributed by atoms with Crippen LogP contribution in [0.2, 0.25) is 0 Å². The van der Waals surface area contributed by atoms with Crippen molar-refractivity contribution in [3.05, 3.63) is 66.0 Å². The van der Waals surface area contributed by atoms with E-state index in [0.29, 0.717) is 13.0 Å². The number of amides is 3. The average molecular weight is 364 g/mol. The molecule has 2 fully saturated rings. The number of benzene rings is 1. The first-order chi connectivity index (χ1) is 13.2. The van der Waals surface area contributed by atoms with Crippen molar-refractivity contribution in [3.63, 3.8) is 0 Å². The van der Waals surface area contributed by atoms with E-state index in [1.54, 1.807) is 12.4 Å². The molecule has 1 aromatic carbocycles. The van der Waals surface area contributed by atoms with E-state index in [1.807, 2.05) is 42.5 Å². The molecule has 6 nitrogen and oxygen atoms in total. The molecule has 2 N–H and O–H groups in total. The molecule has 27 heavy (non-hydrogen) atoms. The van der Waals surface area contributed by atoms with Crippen LogP contribution in [0.4, 0.5) is 4.79 Å². The van der Waals surface area contributed by atoms with Crippen LogP contribution >= 0.6 is 0 Å². The van der Waals surface area contributed by atoms with Gasteiger partial charge in [-0.3, -0.25) is 14.7 Å². The van der Waals surface area contributed by atoms with Crippen molar-refractivity contribution in [2.45, 2.75) is 24.8 Å². The van der Waals surface area contributed by atoms with Crippen molar-refractivity contribution in [3.8, 4) is 0 Å². The monoisotopic (exact) mass is 364 g/mol. The average Bonchev–Trinajstić information content (AvgIpc) is 2.99. The van der Waals surface area contributed by atoms with Crippen molar-refractivity contribution in [2.75, 3.05) is 19.6 Å². The number of hydrogen-bond donors (Lipinski definition) is 2. The molecule has 2 saturated heterocycles. The summed E-state index contributed by atoms with van der Waals surface area (Å²) in [6.45, 7) is 2.07. The molecule has 4 rings (SSSR count). The maximum atomic E-state index is 13.6. The van der Waals surface area contributed by atoms with E-state index >= 15 is 0 Å². The highest BCUT2D eigenvalue weighted by Gasteiger charge is 2.56. The van der Waals surface area contributed by atoms with Crippen LogP contribution in [-0.2, 0) is 16.8 Å². The van der Waals surface area contributed by atoms with Crippen LogP contribution < -0.4 is 10.6 Å². The Labute approximate surface area is 159 Å². The minimum atomic E-state index is -1.01. The van der Waals surface area contributed by atoms with Gasteiger partial charge in [-0.2, -0.15) is 0 Å². The van der Waals surface area contributed by atoms with Gasteiger partial charge in [0.1, 0.15) is 0 Å². The third kappa shape index (κ3) is 3.21. The Morgan fingerprint density at radius 2 is 1.85 bits per heavy atom. The smallest absolute Gasteiger partial charge is 0.319 e. The molecule has 0 bridgehead atoms. The molecule has 0 radical (unpaired) electrons. The van der Waals surface area contributed by atoms with E-state index in [4.69, 9.17) is 0 Å². The van der Waals surface area contributed by atoms with Gasteiger partial charge in [-0.15, -0.1) is 0 Å². The minimum Gasteiger partial charge on any atom is -0.319 e. The first-order valence-electron chi connectivity index (χ1n) is 9.51. The summed E-state index contributed by atoms with van der Waals surface area (Å²) >= 11 is 0. The van der Waals surface area contributed by atoms with Gasteiger partial charge in [-0.05, 0) is 49.9 Å².